The van der Waals surface area contributed by atoms with Crippen molar-refractivity contribution in [2.45, 2.75) is 5.38 Å². The third kappa shape index (κ3) is 4.72. The van der Waals surface area contributed by atoms with Gasteiger partial charge in [-0.05, 0) is 11.6 Å². The van der Waals surface area contributed by atoms with Gasteiger partial charge >= 0.3 is 5.38 Å². The minimum Gasteiger partial charge on any atom is -0.383 e. The molecule has 0 bridgehead atoms. The molecule has 0 radical (unpaired) electrons. The van der Waals surface area contributed by atoms with E-state index in [0.29, 0.717) is 0 Å². The van der Waals surface area contributed by atoms with Crippen molar-refractivity contribution in [1.29, 1.82) is 0 Å². The molecule has 0 aliphatic heterocycles. The Morgan fingerprint density at radius 1 is 1.55 bits per heavy atom. The molecule has 2 nitrogen and oxygen atoms in total. The molecule has 0 atom stereocenters. The van der Waals surface area contributed by atoms with Crippen molar-refractivity contribution in [2.24, 2.45) is 0 Å². The molecule has 0 unspecified atom stereocenters. The SMILES string of the molecule is CN(C)C=CC(=O)C(F)(F)Cl. The maximum Gasteiger partial charge on any atom is 0.384 e. The maximum atomic E-state index is 11.9. The van der Waals surface area contributed by atoms with E-state index in [9.17, 15) is 13.6 Å². The molecule has 0 N–H and O–H groups in total. The van der Waals surface area contributed by atoms with E-state index in [0.717, 1.165) is 6.08 Å². The first-order valence-corrected chi connectivity index (χ1v) is 3.17. The Bertz CT molecular complexity index is 174. The fourth-order valence-corrected chi connectivity index (χ4v) is 0.374. The summed E-state index contributed by atoms with van der Waals surface area (Å²) in [5.74, 6) is -1.41. The second-order valence-electron chi connectivity index (χ2n) is 2.14. The van der Waals surface area contributed by atoms with Crippen molar-refractivity contribution in [1.82, 2.24) is 4.90 Å². The maximum absolute atomic E-state index is 11.9. The Hall–Kier alpha value is -0.640. The molecule has 0 aliphatic rings. The fraction of sp³-hybridized carbons (Fsp3) is 0.500. The van der Waals surface area contributed by atoms with E-state index in [1.54, 1.807) is 14.1 Å². The van der Waals surface area contributed by atoms with Crippen molar-refractivity contribution >= 4 is 17.4 Å². The number of hydrogen-bond acceptors (Lipinski definition) is 2. The van der Waals surface area contributed by atoms with Crippen molar-refractivity contribution in [3.8, 4) is 0 Å². The van der Waals surface area contributed by atoms with Crippen LogP contribution in [0, 0.1) is 0 Å². The molecule has 0 aromatic heterocycles. The van der Waals surface area contributed by atoms with Gasteiger partial charge in [-0.25, -0.2) is 0 Å². The summed E-state index contributed by atoms with van der Waals surface area (Å²) in [6, 6.07) is 0. The average Bonchev–Trinajstić information content (AvgIpc) is 1.80. The van der Waals surface area contributed by atoms with Gasteiger partial charge in [-0.1, -0.05) is 0 Å². The standard InChI is InChI=1S/C6H8ClF2NO/c1-10(2)4-3-5(11)6(7,8)9/h3-4H,1-2H3. The highest BCUT2D eigenvalue weighted by Gasteiger charge is 2.33. The molecule has 0 aromatic carbocycles. The van der Waals surface area contributed by atoms with Gasteiger partial charge in [-0.15, -0.1) is 0 Å². The van der Waals surface area contributed by atoms with Crippen LogP contribution in [0.1, 0.15) is 0 Å². The monoisotopic (exact) mass is 183 g/mol. The summed E-state index contributed by atoms with van der Waals surface area (Å²) in [6.45, 7) is 0. The molecule has 0 rings (SSSR count). The summed E-state index contributed by atoms with van der Waals surface area (Å²) < 4.78 is 23.8. The predicted octanol–water partition coefficient (Wildman–Crippen LogP) is 1.46. The second kappa shape index (κ2) is 3.67. The fourth-order valence-electron chi connectivity index (χ4n) is 0.311. The molecular weight excluding hydrogens is 176 g/mol. The number of rotatable bonds is 3. The molecule has 0 heterocycles. The number of hydrogen-bond donors (Lipinski definition) is 0. The summed E-state index contributed by atoms with van der Waals surface area (Å²) in [5, 5.41) is -3.79. The van der Waals surface area contributed by atoms with Crippen LogP contribution in [-0.4, -0.2) is 30.2 Å². The molecule has 0 fully saturated rings. The number of carbonyl (C=O) groups excluding carboxylic acids is 1. The van der Waals surface area contributed by atoms with E-state index in [1.165, 1.54) is 11.1 Å². The molecular formula is C6H8ClF2NO. The lowest BCUT2D eigenvalue weighted by molar-refractivity contribution is -0.128. The van der Waals surface area contributed by atoms with E-state index in [4.69, 9.17) is 0 Å². The summed E-state index contributed by atoms with van der Waals surface area (Å²) in [4.78, 5) is 11.8. The molecule has 0 amide bonds. The Balaban J connectivity index is 4.09. The normalized spacial score (nSPS) is 12.1. The number of halogens is 3. The minimum atomic E-state index is -3.79. The van der Waals surface area contributed by atoms with Gasteiger partial charge in [0, 0.05) is 26.4 Å². The highest BCUT2D eigenvalue weighted by Crippen LogP contribution is 2.20. The number of ketones is 1. The first kappa shape index (κ1) is 10.4. The van der Waals surface area contributed by atoms with Gasteiger partial charge in [0.25, 0.3) is 0 Å². The first-order chi connectivity index (χ1) is 4.84. The summed E-state index contributed by atoms with van der Waals surface area (Å²) in [6.07, 6.45) is 1.94. The zero-order chi connectivity index (χ0) is 9.07. The largest absolute Gasteiger partial charge is 0.384 e. The van der Waals surface area contributed by atoms with Crippen LogP contribution in [-0.2, 0) is 4.79 Å². The van der Waals surface area contributed by atoms with Crippen LogP contribution in [0.2, 0.25) is 0 Å². The Morgan fingerprint density at radius 3 is 2.27 bits per heavy atom. The smallest absolute Gasteiger partial charge is 0.383 e. The minimum absolute atomic E-state index is 0.729. The lowest BCUT2D eigenvalue weighted by Crippen LogP contribution is -2.19. The van der Waals surface area contributed by atoms with E-state index in [1.807, 2.05) is 0 Å². The van der Waals surface area contributed by atoms with Gasteiger partial charge < -0.3 is 4.90 Å². The molecule has 0 saturated carbocycles. The second-order valence-corrected chi connectivity index (χ2v) is 2.62. The van der Waals surface area contributed by atoms with Gasteiger partial charge in [-0.3, -0.25) is 4.79 Å². The van der Waals surface area contributed by atoms with Crippen molar-refractivity contribution < 1.29 is 13.6 Å². The van der Waals surface area contributed by atoms with Crippen LogP contribution in [0.25, 0.3) is 0 Å². The average molecular weight is 184 g/mol. The first-order valence-electron chi connectivity index (χ1n) is 2.80. The highest BCUT2D eigenvalue weighted by atomic mass is 35.5. The summed E-state index contributed by atoms with van der Waals surface area (Å²) >= 11 is 4.41. The van der Waals surface area contributed by atoms with Crippen molar-refractivity contribution in [3.63, 3.8) is 0 Å². The molecule has 64 valence electrons. The van der Waals surface area contributed by atoms with E-state index >= 15 is 0 Å². The number of allylic oxidation sites excluding steroid dienone is 1. The molecule has 0 aromatic rings. The Morgan fingerprint density at radius 2 is 2.00 bits per heavy atom. The predicted molar refractivity (Wildman–Crippen MR) is 38.6 cm³/mol. The van der Waals surface area contributed by atoms with Crippen LogP contribution in [0.5, 0.6) is 0 Å². The number of nitrogens with zero attached hydrogens (tertiary/aromatic N) is 1. The highest BCUT2D eigenvalue weighted by molar-refractivity contribution is 6.34. The Labute approximate surface area is 68.4 Å². The van der Waals surface area contributed by atoms with Crippen molar-refractivity contribution in [3.05, 3.63) is 12.3 Å². The topological polar surface area (TPSA) is 20.3 Å². The van der Waals surface area contributed by atoms with Crippen LogP contribution in [0.3, 0.4) is 0 Å². The molecule has 0 aliphatic carbocycles. The molecule has 5 heteroatoms. The van der Waals surface area contributed by atoms with Crippen molar-refractivity contribution in [2.75, 3.05) is 14.1 Å². The lowest BCUT2D eigenvalue weighted by Gasteiger charge is -2.04. The molecule has 0 saturated heterocycles. The van der Waals surface area contributed by atoms with Crippen LogP contribution in [0.4, 0.5) is 8.78 Å². The number of alkyl halides is 3. The lowest BCUT2D eigenvalue weighted by atomic mass is 10.4. The zero-order valence-electron chi connectivity index (χ0n) is 6.14. The van der Waals surface area contributed by atoms with Gasteiger partial charge in [0.15, 0.2) is 0 Å². The van der Waals surface area contributed by atoms with Gasteiger partial charge in [0.1, 0.15) is 0 Å². The van der Waals surface area contributed by atoms with Gasteiger partial charge in [0.2, 0.25) is 5.78 Å². The third-order valence-electron chi connectivity index (χ3n) is 0.803. The number of carbonyl (C=O) groups is 1. The van der Waals surface area contributed by atoms with Gasteiger partial charge in [0.05, 0.1) is 0 Å². The molecule has 11 heavy (non-hydrogen) atoms. The zero-order valence-corrected chi connectivity index (χ0v) is 6.90. The van der Waals surface area contributed by atoms with Crippen LogP contribution in [0.15, 0.2) is 12.3 Å². The van der Waals surface area contributed by atoms with Crippen LogP contribution < -0.4 is 0 Å². The van der Waals surface area contributed by atoms with E-state index < -0.39 is 11.2 Å². The summed E-state index contributed by atoms with van der Waals surface area (Å²) in [5.41, 5.74) is 0. The Kier molecular flexibility index (Phi) is 3.45. The quantitative estimate of drug-likeness (QED) is 0.488. The van der Waals surface area contributed by atoms with Gasteiger partial charge in [-0.2, -0.15) is 8.78 Å². The van der Waals surface area contributed by atoms with Crippen LogP contribution >= 0.6 is 11.6 Å². The third-order valence-corrected chi connectivity index (χ3v) is 0.990. The van der Waals surface area contributed by atoms with E-state index in [-0.39, 0.29) is 0 Å². The summed E-state index contributed by atoms with van der Waals surface area (Å²) in [7, 11) is 3.21. The van der Waals surface area contributed by atoms with E-state index in [2.05, 4.69) is 11.6 Å². The molecule has 0 spiro atoms.